The molecule has 0 fully saturated rings. The first-order chi connectivity index (χ1) is 8.63. The van der Waals surface area contributed by atoms with Gasteiger partial charge in [-0.3, -0.25) is 0 Å². The molecule has 3 heteroatoms. The normalized spacial score (nSPS) is 13.4. The summed E-state index contributed by atoms with van der Waals surface area (Å²) >= 11 is 5.88. The van der Waals surface area contributed by atoms with Crippen molar-refractivity contribution < 1.29 is 0 Å². The molecule has 1 aromatic heterocycles. The van der Waals surface area contributed by atoms with E-state index in [0.717, 1.165) is 24.3 Å². The molecule has 1 aromatic carbocycles. The Morgan fingerprint density at radius 3 is 2.61 bits per heavy atom. The van der Waals surface area contributed by atoms with Crippen LogP contribution in [0.5, 0.6) is 0 Å². The van der Waals surface area contributed by atoms with Gasteiger partial charge in [0, 0.05) is 18.8 Å². The highest BCUT2D eigenvalue weighted by atomic mass is 35.5. The van der Waals surface area contributed by atoms with Crippen molar-refractivity contribution in [1.82, 2.24) is 9.55 Å². The zero-order chi connectivity index (χ0) is 13.1. The molecule has 0 aliphatic carbocycles. The van der Waals surface area contributed by atoms with Crippen LogP contribution in [-0.2, 0) is 13.0 Å². The molecule has 0 radical (unpaired) electrons. The molecule has 0 amide bonds. The summed E-state index contributed by atoms with van der Waals surface area (Å²) in [5.41, 5.74) is 2.30. The van der Waals surface area contributed by atoms with Gasteiger partial charge >= 0.3 is 0 Å². The second kappa shape index (κ2) is 5.75. The first-order valence-electron chi connectivity index (χ1n) is 6.63. The van der Waals surface area contributed by atoms with Crippen LogP contribution in [0, 0.1) is 11.8 Å². The van der Waals surface area contributed by atoms with E-state index in [1.54, 1.807) is 0 Å². The van der Waals surface area contributed by atoms with E-state index in [2.05, 4.69) is 43.5 Å². The Morgan fingerprint density at radius 2 is 1.94 bits per heavy atom. The fourth-order valence-corrected chi connectivity index (χ4v) is 2.27. The number of hydrogen-bond donors (Lipinski definition) is 0. The standard InChI is InChI=1S/C15H21ClN2/c1-11(2)12(3)10-18-14-7-5-4-6-13(14)17-15(18)8-9-16/h4-7,11-12H,8-10H2,1-3H3. The maximum atomic E-state index is 5.88. The topological polar surface area (TPSA) is 17.8 Å². The minimum absolute atomic E-state index is 0.624. The van der Waals surface area contributed by atoms with E-state index in [0.29, 0.717) is 17.7 Å². The number of hydrogen-bond acceptors (Lipinski definition) is 1. The van der Waals surface area contributed by atoms with Gasteiger partial charge in [-0.05, 0) is 24.0 Å². The smallest absolute Gasteiger partial charge is 0.111 e. The molecule has 0 N–H and O–H groups in total. The highest BCUT2D eigenvalue weighted by Crippen LogP contribution is 2.21. The number of aryl methyl sites for hydroxylation is 1. The third-order valence-electron chi connectivity index (χ3n) is 3.66. The molecule has 1 atom stereocenters. The Hall–Kier alpha value is -1.02. The zero-order valence-corrected chi connectivity index (χ0v) is 12.1. The van der Waals surface area contributed by atoms with Gasteiger partial charge in [-0.25, -0.2) is 4.98 Å². The molecule has 2 aromatic rings. The van der Waals surface area contributed by atoms with Gasteiger partial charge in [0.1, 0.15) is 5.82 Å². The average Bonchev–Trinajstić information content (AvgIpc) is 2.68. The number of nitrogens with zero attached hydrogens (tertiary/aromatic N) is 2. The molecular formula is C15H21ClN2. The second-order valence-corrected chi connectivity index (χ2v) is 5.67. The summed E-state index contributed by atoms with van der Waals surface area (Å²) in [6, 6.07) is 8.33. The Balaban J connectivity index is 2.41. The number of imidazole rings is 1. The second-order valence-electron chi connectivity index (χ2n) is 5.29. The van der Waals surface area contributed by atoms with E-state index in [9.17, 15) is 0 Å². The quantitative estimate of drug-likeness (QED) is 0.743. The molecule has 1 unspecified atom stereocenters. The number of fused-ring (bicyclic) bond motifs is 1. The Labute approximate surface area is 114 Å². The van der Waals surface area contributed by atoms with Gasteiger partial charge in [0.2, 0.25) is 0 Å². The van der Waals surface area contributed by atoms with E-state index in [4.69, 9.17) is 16.6 Å². The molecule has 0 aliphatic rings. The summed E-state index contributed by atoms with van der Waals surface area (Å²) in [6.07, 6.45) is 0.834. The SMILES string of the molecule is CC(C)C(C)Cn1c(CCCl)nc2ccccc21. The lowest BCUT2D eigenvalue weighted by Crippen LogP contribution is -2.15. The first-order valence-corrected chi connectivity index (χ1v) is 7.17. The Morgan fingerprint density at radius 1 is 1.22 bits per heavy atom. The molecular weight excluding hydrogens is 244 g/mol. The number of aromatic nitrogens is 2. The summed E-state index contributed by atoms with van der Waals surface area (Å²) < 4.78 is 2.34. The zero-order valence-electron chi connectivity index (χ0n) is 11.4. The van der Waals surface area contributed by atoms with Crippen molar-refractivity contribution in [3.63, 3.8) is 0 Å². The molecule has 1 heterocycles. The lowest BCUT2D eigenvalue weighted by molar-refractivity contribution is 0.364. The van der Waals surface area contributed by atoms with Gasteiger partial charge in [-0.2, -0.15) is 0 Å². The van der Waals surface area contributed by atoms with Crippen LogP contribution in [0.25, 0.3) is 11.0 Å². The van der Waals surface area contributed by atoms with Gasteiger partial charge < -0.3 is 4.57 Å². The lowest BCUT2D eigenvalue weighted by atomic mass is 9.98. The predicted molar refractivity (Wildman–Crippen MR) is 78.2 cm³/mol. The van der Waals surface area contributed by atoms with Crippen LogP contribution in [0.4, 0.5) is 0 Å². The van der Waals surface area contributed by atoms with E-state index in [1.807, 2.05) is 6.07 Å². The van der Waals surface area contributed by atoms with E-state index in [1.165, 1.54) is 5.52 Å². The van der Waals surface area contributed by atoms with Gasteiger partial charge in [0.05, 0.1) is 11.0 Å². The van der Waals surface area contributed by atoms with Gasteiger partial charge in [-0.15, -0.1) is 11.6 Å². The molecule has 98 valence electrons. The van der Waals surface area contributed by atoms with E-state index >= 15 is 0 Å². The molecule has 0 saturated carbocycles. The molecule has 0 aliphatic heterocycles. The monoisotopic (exact) mass is 264 g/mol. The molecule has 0 bridgehead atoms. The van der Waals surface area contributed by atoms with Crippen molar-refractivity contribution in [2.75, 3.05) is 5.88 Å². The van der Waals surface area contributed by atoms with Crippen LogP contribution >= 0.6 is 11.6 Å². The predicted octanol–water partition coefficient (Wildman–Crippen LogP) is 4.11. The van der Waals surface area contributed by atoms with Crippen LogP contribution in [0.1, 0.15) is 26.6 Å². The van der Waals surface area contributed by atoms with Gasteiger partial charge in [-0.1, -0.05) is 32.9 Å². The van der Waals surface area contributed by atoms with Crippen molar-refractivity contribution in [2.45, 2.75) is 33.7 Å². The first kappa shape index (κ1) is 13.4. The maximum absolute atomic E-state index is 5.88. The van der Waals surface area contributed by atoms with E-state index < -0.39 is 0 Å². The van der Waals surface area contributed by atoms with Crippen LogP contribution in [0.2, 0.25) is 0 Å². The van der Waals surface area contributed by atoms with Crippen molar-refractivity contribution in [2.24, 2.45) is 11.8 Å². The van der Waals surface area contributed by atoms with Gasteiger partial charge in [0.15, 0.2) is 0 Å². The van der Waals surface area contributed by atoms with Crippen molar-refractivity contribution in [3.8, 4) is 0 Å². The van der Waals surface area contributed by atoms with Crippen LogP contribution in [0.15, 0.2) is 24.3 Å². The summed E-state index contributed by atoms with van der Waals surface area (Å²) in [6.45, 7) is 7.85. The number of alkyl halides is 1. The van der Waals surface area contributed by atoms with E-state index in [-0.39, 0.29) is 0 Å². The van der Waals surface area contributed by atoms with Crippen LogP contribution < -0.4 is 0 Å². The Bertz CT molecular complexity index is 516. The summed E-state index contributed by atoms with van der Waals surface area (Å²) in [4.78, 5) is 4.69. The lowest BCUT2D eigenvalue weighted by Gasteiger charge is -2.18. The van der Waals surface area contributed by atoms with Crippen molar-refractivity contribution >= 4 is 22.6 Å². The number of rotatable bonds is 5. The molecule has 2 nitrogen and oxygen atoms in total. The highest BCUT2D eigenvalue weighted by Gasteiger charge is 2.14. The summed E-state index contributed by atoms with van der Waals surface area (Å²) in [7, 11) is 0. The maximum Gasteiger partial charge on any atom is 0.111 e. The molecule has 0 saturated heterocycles. The Kier molecular flexibility index (Phi) is 4.28. The highest BCUT2D eigenvalue weighted by molar-refractivity contribution is 6.17. The largest absolute Gasteiger partial charge is 0.328 e. The third kappa shape index (κ3) is 2.69. The fourth-order valence-electron chi connectivity index (χ4n) is 2.10. The summed E-state index contributed by atoms with van der Waals surface area (Å²) in [5.74, 6) is 3.05. The van der Waals surface area contributed by atoms with Crippen molar-refractivity contribution in [1.29, 1.82) is 0 Å². The number of para-hydroxylation sites is 2. The number of benzene rings is 1. The molecule has 18 heavy (non-hydrogen) atoms. The minimum Gasteiger partial charge on any atom is -0.328 e. The fraction of sp³-hybridized carbons (Fsp3) is 0.533. The van der Waals surface area contributed by atoms with Crippen molar-refractivity contribution in [3.05, 3.63) is 30.1 Å². The number of halogens is 1. The van der Waals surface area contributed by atoms with Crippen LogP contribution in [-0.4, -0.2) is 15.4 Å². The molecule has 2 rings (SSSR count). The van der Waals surface area contributed by atoms with Crippen LogP contribution in [0.3, 0.4) is 0 Å². The average molecular weight is 265 g/mol. The molecule has 0 spiro atoms. The summed E-state index contributed by atoms with van der Waals surface area (Å²) in [5, 5.41) is 0. The van der Waals surface area contributed by atoms with Gasteiger partial charge in [0.25, 0.3) is 0 Å². The minimum atomic E-state index is 0.624. The third-order valence-corrected chi connectivity index (χ3v) is 3.85.